The molecule has 2 aromatic rings. The van der Waals surface area contributed by atoms with Gasteiger partial charge in [-0.3, -0.25) is 4.79 Å². The highest BCUT2D eigenvalue weighted by Gasteiger charge is 2.03. The smallest absolute Gasteiger partial charge is 0.274 e. The number of H-pyrrole nitrogens is 1. The lowest BCUT2D eigenvalue weighted by Crippen LogP contribution is -2.15. The molecule has 16 heavy (non-hydrogen) atoms. The van der Waals surface area contributed by atoms with Crippen LogP contribution in [0.25, 0.3) is 0 Å². The van der Waals surface area contributed by atoms with E-state index >= 15 is 0 Å². The van der Waals surface area contributed by atoms with E-state index in [0.717, 1.165) is 5.56 Å². The van der Waals surface area contributed by atoms with Gasteiger partial charge in [0.2, 0.25) is 0 Å². The fourth-order valence-corrected chi connectivity index (χ4v) is 1.56. The van der Waals surface area contributed by atoms with Crippen LogP contribution in [-0.2, 0) is 6.42 Å². The summed E-state index contributed by atoms with van der Waals surface area (Å²) in [4.78, 5) is 17.9. The molecule has 1 heterocycles. The maximum absolute atomic E-state index is 11.3. The molecule has 0 aliphatic rings. The number of hydrogen-bond donors (Lipinski definition) is 2. The number of benzene rings is 1. The monoisotopic (exact) mass is 235 g/mol. The van der Waals surface area contributed by atoms with E-state index in [0.29, 0.717) is 17.3 Å². The summed E-state index contributed by atoms with van der Waals surface area (Å²) in [5, 5.41) is 0.655. The lowest BCUT2D eigenvalue weighted by molar-refractivity contribution is 0.950. The van der Waals surface area contributed by atoms with E-state index in [1.54, 1.807) is 6.07 Å². The molecule has 1 aromatic carbocycles. The first-order valence-corrected chi connectivity index (χ1v) is 5.11. The predicted octanol–water partition coefficient (Wildman–Crippen LogP) is 1.60. The van der Waals surface area contributed by atoms with Crippen molar-refractivity contribution in [3.05, 3.63) is 57.2 Å². The Labute approximate surface area is 97.1 Å². The van der Waals surface area contributed by atoms with Crippen LogP contribution in [0.15, 0.2) is 35.3 Å². The van der Waals surface area contributed by atoms with Crippen molar-refractivity contribution >= 4 is 17.3 Å². The van der Waals surface area contributed by atoms with Crippen molar-refractivity contribution in [2.45, 2.75) is 6.42 Å². The molecular weight excluding hydrogens is 226 g/mol. The fourth-order valence-electron chi connectivity index (χ4n) is 1.35. The van der Waals surface area contributed by atoms with Crippen LogP contribution in [0.2, 0.25) is 5.02 Å². The average molecular weight is 236 g/mol. The molecule has 0 radical (unpaired) electrons. The molecule has 82 valence electrons. The van der Waals surface area contributed by atoms with Gasteiger partial charge in [-0.15, -0.1) is 0 Å². The van der Waals surface area contributed by atoms with Crippen LogP contribution in [0.4, 0.5) is 5.69 Å². The molecule has 1 aromatic heterocycles. The molecule has 0 fully saturated rings. The Bertz CT molecular complexity index is 565. The molecule has 2 rings (SSSR count). The summed E-state index contributed by atoms with van der Waals surface area (Å²) in [5.41, 5.74) is 6.09. The summed E-state index contributed by atoms with van der Waals surface area (Å²) < 4.78 is 0. The van der Waals surface area contributed by atoms with Crippen LogP contribution in [-0.4, -0.2) is 9.97 Å². The van der Waals surface area contributed by atoms with Crippen molar-refractivity contribution < 1.29 is 0 Å². The number of anilines is 1. The summed E-state index contributed by atoms with van der Waals surface area (Å²) in [6.07, 6.45) is 1.83. The van der Waals surface area contributed by atoms with E-state index in [2.05, 4.69) is 9.97 Å². The number of aromatic amines is 1. The van der Waals surface area contributed by atoms with Crippen LogP contribution in [0.3, 0.4) is 0 Å². The Balaban J connectivity index is 2.31. The van der Waals surface area contributed by atoms with Crippen LogP contribution in [0.5, 0.6) is 0 Å². The van der Waals surface area contributed by atoms with Gasteiger partial charge in [-0.1, -0.05) is 29.8 Å². The first-order chi connectivity index (χ1) is 7.66. The molecule has 0 aliphatic carbocycles. The minimum Gasteiger partial charge on any atom is -0.393 e. The standard InChI is InChI=1S/C11H10ClN3O/c12-8-4-2-1-3-7(8)5-10-14-6-9(13)11(16)15-10/h1-4,6H,5,13H2,(H,14,15,16). The second-order valence-corrected chi connectivity index (χ2v) is 3.79. The summed E-state index contributed by atoms with van der Waals surface area (Å²) >= 11 is 6.00. The van der Waals surface area contributed by atoms with Gasteiger partial charge in [0, 0.05) is 11.4 Å². The molecule has 0 spiro atoms. The average Bonchev–Trinajstić information content (AvgIpc) is 2.27. The Morgan fingerprint density at radius 1 is 1.38 bits per heavy atom. The fraction of sp³-hybridized carbons (Fsp3) is 0.0909. The first-order valence-electron chi connectivity index (χ1n) is 4.74. The zero-order chi connectivity index (χ0) is 11.5. The predicted molar refractivity (Wildman–Crippen MR) is 63.5 cm³/mol. The lowest BCUT2D eigenvalue weighted by Gasteiger charge is -2.03. The minimum absolute atomic E-state index is 0.114. The molecule has 0 unspecified atom stereocenters. The molecule has 0 saturated heterocycles. The van der Waals surface area contributed by atoms with Gasteiger partial charge in [0.25, 0.3) is 5.56 Å². The highest BCUT2D eigenvalue weighted by molar-refractivity contribution is 6.31. The van der Waals surface area contributed by atoms with E-state index in [9.17, 15) is 4.79 Å². The molecule has 5 heteroatoms. The van der Waals surface area contributed by atoms with Gasteiger partial charge in [0.05, 0.1) is 6.20 Å². The SMILES string of the molecule is Nc1cnc(Cc2ccccc2Cl)[nH]c1=O. The van der Waals surface area contributed by atoms with Crippen molar-refractivity contribution in [1.82, 2.24) is 9.97 Å². The Morgan fingerprint density at radius 2 is 2.12 bits per heavy atom. The number of aromatic nitrogens is 2. The van der Waals surface area contributed by atoms with Gasteiger partial charge in [-0.05, 0) is 11.6 Å². The summed E-state index contributed by atoms with van der Waals surface area (Å²) in [6, 6.07) is 7.42. The number of nitrogens with one attached hydrogen (secondary N) is 1. The third-order valence-corrected chi connectivity index (χ3v) is 2.56. The minimum atomic E-state index is -0.322. The number of nitrogen functional groups attached to an aromatic ring is 1. The highest BCUT2D eigenvalue weighted by Crippen LogP contribution is 2.16. The van der Waals surface area contributed by atoms with Crippen molar-refractivity contribution in [3.63, 3.8) is 0 Å². The zero-order valence-electron chi connectivity index (χ0n) is 8.40. The molecular formula is C11H10ClN3O. The van der Waals surface area contributed by atoms with E-state index < -0.39 is 0 Å². The van der Waals surface area contributed by atoms with Crippen molar-refractivity contribution in [3.8, 4) is 0 Å². The summed E-state index contributed by atoms with van der Waals surface area (Å²) in [5.74, 6) is 0.548. The molecule has 0 saturated carbocycles. The van der Waals surface area contributed by atoms with Crippen LogP contribution in [0, 0.1) is 0 Å². The molecule has 4 nitrogen and oxygen atoms in total. The molecule has 0 aliphatic heterocycles. The van der Waals surface area contributed by atoms with E-state index in [-0.39, 0.29) is 11.2 Å². The maximum atomic E-state index is 11.3. The Hall–Kier alpha value is -1.81. The first kappa shape index (κ1) is 10.7. The maximum Gasteiger partial charge on any atom is 0.274 e. The second-order valence-electron chi connectivity index (χ2n) is 3.38. The highest BCUT2D eigenvalue weighted by atomic mass is 35.5. The van der Waals surface area contributed by atoms with Gasteiger partial charge in [0.1, 0.15) is 11.5 Å². The molecule has 0 bridgehead atoms. The van der Waals surface area contributed by atoms with Crippen molar-refractivity contribution in [1.29, 1.82) is 0 Å². The van der Waals surface area contributed by atoms with Gasteiger partial charge in [-0.2, -0.15) is 0 Å². The van der Waals surface area contributed by atoms with Crippen LogP contribution < -0.4 is 11.3 Å². The van der Waals surface area contributed by atoms with E-state index in [1.807, 2.05) is 18.2 Å². The number of rotatable bonds is 2. The van der Waals surface area contributed by atoms with Gasteiger partial charge < -0.3 is 10.7 Å². The van der Waals surface area contributed by atoms with Crippen molar-refractivity contribution in [2.75, 3.05) is 5.73 Å². The summed E-state index contributed by atoms with van der Waals surface area (Å²) in [7, 11) is 0. The third kappa shape index (κ3) is 2.23. The third-order valence-electron chi connectivity index (χ3n) is 2.20. The lowest BCUT2D eigenvalue weighted by atomic mass is 10.1. The van der Waals surface area contributed by atoms with Crippen LogP contribution >= 0.6 is 11.6 Å². The van der Waals surface area contributed by atoms with Crippen molar-refractivity contribution in [2.24, 2.45) is 0 Å². The normalized spacial score (nSPS) is 10.3. The van der Waals surface area contributed by atoms with Gasteiger partial charge in [-0.25, -0.2) is 4.98 Å². The second kappa shape index (κ2) is 4.37. The number of halogens is 1. The van der Waals surface area contributed by atoms with Gasteiger partial charge in [0.15, 0.2) is 0 Å². The zero-order valence-corrected chi connectivity index (χ0v) is 9.16. The molecule has 0 amide bonds. The van der Waals surface area contributed by atoms with E-state index in [1.165, 1.54) is 6.20 Å². The molecule has 3 N–H and O–H groups in total. The Kier molecular flexibility index (Phi) is 2.92. The van der Waals surface area contributed by atoms with E-state index in [4.69, 9.17) is 17.3 Å². The number of nitrogens with zero attached hydrogens (tertiary/aromatic N) is 1. The topological polar surface area (TPSA) is 71.8 Å². The largest absolute Gasteiger partial charge is 0.393 e. The number of nitrogens with two attached hydrogens (primary N) is 1. The van der Waals surface area contributed by atoms with Crippen LogP contribution in [0.1, 0.15) is 11.4 Å². The quantitative estimate of drug-likeness (QED) is 0.831. The summed E-state index contributed by atoms with van der Waals surface area (Å²) in [6.45, 7) is 0. The number of hydrogen-bond acceptors (Lipinski definition) is 3. The molecule has 0 atom stereocenters. The van der Waals surface area contributed by atoms with Gasteiger partial charge >= 0.3 is 0 Å². The Morgan fingerprint density at radius 3 is 2.81 bits per heavy atom.